The molecule has 1 aliphatic carbocycles. The van der Waals surface area contributed by atoms with E-state index in [2.05, 4.69) is 5.10 Å². The van der Waals surface area contributed by atoms with E-state index in [0.29, 0.717) is 6.04 Å². The van der Waals surface area contributed by atoms with Crippen LogP contribution in [0.5, 0.6) is 5.75 Å². The van der Waals surface area contributed by atoms with E-state index < -0.39 is 0 Å². The third-order valence-corrected chi connectivity index (χ3v) is 3.82. The molecule has 1 saturated carbocycles. The van der Waals surface area contributed by atoms with E-state index >= 15 is 0 Å². The molecular formula is C15H19N3O. The molecule has 1 aromatic heterocycles. The van der Waals surface area contributed by atoms with Gasteiger partial charge in [-0.15, -0.1) is 0 Å². The molecule has 1 aliphatic rings. The number of hydrogen-bond donors (Lipinski definition) is 1. The quantitative estimate of drug-likeness (QED) is 0.918. The SMILES string of the molecule is COc1ccccc1-c1nn(C2CCCC2)cc1N. The minimum absolute atomic E-state index is 0.505. The molecule has 1 heterocycles. The summed E-state index contributed by atoms with van der Waals surface area (Å²) in [6.45, 7) is 0. The van der Waals surface area contributed by atoms with Gasteiger partial charge in [-0.2, -0.15) is 5.10 Å². The van der Waals surface area contributed by atoms with Crippen LogP contribution >= 0.6 is 0 Å². The van der Waals surface area contributed by atoms with Gasteiger partial charge in [0.05, 0.1) is 18.8 Å². The highest BCUT2D eigenvalue weighted by Crippen LogP contribution is 2.35. The Labute approximate surface area is 113 Å². The smallest absolute Gasteiger partial charge is 0.128 e. The zero-order chi connectivity index (χ0) is 13.2. The number of hydrogen-bond acceptors (Lipinski definition) is 3. The van der Waals surface area contributed by atoms with Crippen LogP contribution in [0.4, 0.5) is 5.69 Å². The van der Waals surface area contributed by atoms with E-state index in [9.17, 15) is 0 Å². The fourth-order valence-electron chi connectivity index (χ4n) is 2.81. The molecule has 0 radical (unpaired) electrons. The molecule has 1 aromatic carbocycles. The lowest BCUT2D eigenvalue weighted by Gasteiger charge is -2.09. The molecule has 0 amide bonds. The zero-order valence-electron chi connectivity index (χ0n) is 11.2. The van der Waals surface area contributed by atoms with Crippen LogP contribution in [-0.4, -0.2) is 16.9 Å². The van der Waals surface area contributed by atoms with Gasteiger partial charge < -0.3 is 10.5 Å². The molecule has 0 aliphatic heterocycles. The molecule has 0 saturated heterocycles. The molecule has 0 unspecified atom stereocenters. The molecule has 100 valence electrons. The van der Waals surface area contributed by atoms with Crippen molar-refractivity contribution in [1.82, 2.24) is 9.78 Å². The number of methoxy groups -OCH3 is 1. The minimum Gasteiger partial charge on any atom is -0.496 e. The Hall–Kier alpha value is -1.97. The summed E-state index contributed by atoms with van der Waals surface area (Å²) in [6.07, 6.45) is 6.93. The number of nitrogens with zero attached hydrogens (tertiary/aromatic N) is 2. The van der Waals surface area contributed by atoms with Crippen molar-refractivity contribution < 1.29 is 4.74 Å². The summed E-state index contributed by atoms with van der Waals surface area (Å²) in [4.78, 5) is 0. The Morgan fingerprint density at radius 2 is 2.00 bits per heavy atom. The Morgan fingerprint density at radius 1 is 1.26 bits per heavy atom. The normalized spacial score (nSPS) is 15.8. The number of aromatic nitrogens is 2. The van der Waals surface area contributed by atoms with Gasteiger partial charge >= 0.3 is 0 Å². The lowest BCUT2D eigenvalue weighted by atomic mass is 10.1. The van der Waals surface area contributed by atoms with Crippen LogP contribution < -0.4 is 10.5 Å². The molecule has 4 heteroatoms. The van der Waals surface area contributed by atoms with Gasteiger partial charge in [0.15, 0.2) is 0 Å². The van der Waals surface area contributed by atoms with E-state index in [1.165, 1.54) is 25.7 Å². The predicted molar refractivity (Wildman–Crippen MR) is 76.1 cm³/mol. The number of ether oxygens (including phenoxy) is 1. The van der Waals surface area contributed by atoms with Crippen LogP contribution in [0, 0.1) is 0 Å². The van der Waals surface area contributed by atoms with Crippen molar-refractivity contribution in [3.05, 3.63) is 30.5 Å². The first kappa shape index (κ1) is 12.1. The molecule has 2 aromatic rings. The van der Waals surface area contributed by atoms with Crippen LogP contribution in [0.3, 0.4) is 0 Å². The average molecular weight is 257 g/mol. The average Bonchev–Trinajstić information content (AvgIpc) is 3.07. The zero-order valence-corrected chi connectivity index (χ0v) is 11.2. The monoisotopic (exact) mass is 257 g/mol. The van der Waals surface area contributed by atoms with E-state index in [1.54, 1.807) is 7.11 Å². The maximum absolute atomic E-state index is 6.13. The fourth-order valence-corrected chi connectivity index (χ4v) is 2.81. The molecule has 19 heavy (non-hydrogen) atoms. The highest BCUT2D eigenvalue weighted by molar-refractivity contribution is 5.76. The van der Waals surface area contributed by atoms with Crippen molar-refractivity contribution in [3.8, 4) is 17.0 Å². The summed E-state index contributed by atoms with van der Waals surface area (Å²) in [7, 11) is 1.67. The van der Waals surface area contributed by atoms with E-state index in [-0.39, 0.29) is 0 Å². The largest absolute Gasteiger partial charge is 0.496 e. The number of para-hydroxylation sites is 1. The van der Waals surface area contributed by atoms with E-state index in [4.69, 9.17) is 10.5 Å². The second-order valence-electron chi connectivity index (χ2n) is 5.05. The second-order valence-corrected chi connectivity index (χ2v) is 5.05. The maximum Gasteiger partial charge on any atom is 0.128 e. The fraction of sp³-hybridized carbons (Fsp3) is 0.400. The molecule has 1 fully saturated rings. The summed E-state index contributed by atoms with van der Waals surface area (Å²) in [5.74, 6) is 0.811. The van der Waals surface area contributed by atoms with Crippen molar-refractivity contribution in [1.29, 1.82) is 0 Å². The second kappa shape index (κ2) is 4.96. The van der Waals surface area contributed by atoms with Crippen LogP contribution in [-0.2, 0) is 0 Å². The van der Waals surface area contributed by atoms with Crippen molar-refractivity contribution >= 4 is 5.69 Å². The third kappa shape index (κ3) is 2.18. The number of nitrogens with two attached hydrogens (primary N) is 1. The first-order valence-corrected chi connectivity index (χ1v) is 6.77. The van der Waals surface area contributed by atoms with E-state index in [0.717, 1.165) is 22.7 Å². The van der Waals surface area contributed by atoms with Crippen molar-refractivity contribution in [2.45, 2.75) is 31.7 Å². The Balaban J connectivity index is 2.00. The van der Waals surface area contributed by atoms with Gasteiger partial charge in [0, 0.05) is 11.8 Å². The summed E-state index contributed by atoms with van der Waals surface area (Å²) in [6, 6.07) is 8.36. The van der Waals surface area contributed by atoms with Crippen molar-refractivity contribution in [2.75, 3.05) is 12.8 Å². The third-order valence-electron chi connectivity index (χ3n) is 3.82. The molecule has 0 bridgehead atoms. The number of benzene rings is 1. The lowest BCUT2D eigenvalue weighted by Crippen LogP contribution is -2.05. The Morgan fingerprint density at radius 3 is 2.74 bits per heavy atom. The summed E-state index contributed by atoms with van der Waals surface area (Å²) in [5.41, 5.74) is 8.63. The van der Waals surface area contributed by atoms with Crippen LogP contribution in [0.2, 0.25) is 0 Å². The number of anilines is 1. The van der Waals surface area contributed by atoms with Crippen molar-refractivity contribution in [2.24, 2.45) is 0 Å². The minimum atomic E-state index is 0.505. The topological polar surface area (TPSA) is 53.1 Å². The Kier molecular flexibility index (Phi) is 3.15. The molecule has 0 spiro atoms. The molecular weight excluding hydrogens is 238 g/mol. The molecule has 4 nitrogen and oxygen atoms in total. The van der Waals surface area contributed by atoms with Crippen LogP contribution in [0.25, 0.3) is 11.3 Å². The number of rotatable bonds is 3. The number of nitrogen functional groups attached to an aromatic ring is 1. The van der Waals surface area contributed by atoms with Gasteiger partial charge in [0.25, 0.3) is 0 Å². The van der Waals surface area contributed by atoms with Crippen LogP contribution in [0.15, 0.2) is 30.5 Å². The lowest BCUT2D eigenvalue weighted by molar-refractivity contribution is 0.416. The highest BCUT2D eigenvalue weighted by Gasteiger charge is 2.20. The maximum atomic E-state index is 6.13. The summed E-state index contributed by atoms with van der Waals surface area (Å²) in [5, 5.41) is 4.68. The van der Waals surface area contributed by atoms with Crippen LogP contribution in [0.1, 0.15) is 31.7 Å². The van der Waals surface area contributed by atoms with Gasteiger partial charge in [0.2, 0.25) is 0 Å². The highest BCUT2D eigenvalue weighted by atomic mass is 16.5. The summed E-state index contributed by atoms with van der Waals surface area (Å²) < 4.78 is 7.42. The van der Waals surface area contributed by atoms with Gasteiger partial charge in [-0.3, -0.25) is 4.68 Å². The van der Waals surface area contributed by atoms with Gasteiger partial charge in [-0.25, -0.2) is 0 Å². The summed E-state index contributed by atoms with van der Waals surface area (Å²) >= 11 is 0. The first-order valence-electron chi connectivity index (χ1n) is 6.77. The van der Waals surface area contributed by atoms with Gasteiger partial charge in [-0.05, 0) is 25.0 Å². The Bertz CT molecular complexity index is 571. The molecule has 0 atom stereocenters. The standard InChI is InChI=1S/C15H19N3O/c1-19-14-9-5-4-8-12(14)15-13(16)10-18(17-15)11-6-2-3-7-11/h4-5,8-11H,2-3,6-7,16H2,1H3. The molecule has 2 N–H and O–H groups in total. The van der Waals surface area contributed by atoms with Gasteiger partial charge in [0.1, 0.15) is 11.4 Å². The van der Waals surface area contributed by atoms with E-state index in [1.807, 2.05) is 35.1 Å². The predicted octanol–water partition coefficient (Wildman–Crippen LogP) is 3.26. The van der Waals surface area contributed by atoms with Gasteiger partial charge in [-0.1, -0.05) is 25.0 Å². The first-order chi connectivity index (χ1) is 9.29. The molecule has 3 rings (SSSR count). The van der Waals surface area contributed by atoms with Crippen molar-refractivity contribution in [3.63, 3.8) is 0 Å².